The van der Waals surface area contributed by atoms with E-state index < -0.39 is 12.1 Å². The lowest BCUT2D eigenvalue weighted by molar-refractivity contribution is -0.139. The number of hydrogen-bond acceptors (Lipinski definition) is 3. The molecule has 2 rings (SSSR count). The van der Waals surface area contributed by atoms with E-state index in [2.05, 4.69) is 4.98 Å². The maximum Gasteiger partial charge on any atom is 0.306 e. The van der Waals surface area contributed by atoms with Crippen molar-refractivity contribution >= 4 is 5.97 Å². The van der Waals surface area contributed by atoms with E-state index in [1.807, 2.05) is 0 Å². The molecule has 0 spiro atoms. The van der Waals surface area contributed by atoms with E-state index in [4.69, 9.17) is 5.11 Å². The van der Waals surface area contributed by atoms with Crippen LogP contribution < -0.4 is 0 Å². The predicted molar refractivity (Wildman–Crippen MR) is 48.4 cm³/mol. The Morgan fingerprint density at radius 2 is 2.43 bits per heavy atom. The number of nitrogens with zero attached hydrogens (tertiary/aromatic N) is 1. The third kappa shape index (κ3) is 1.61. The predicted octanol–water partition coefficient (Wildman–Crippen LogP) is 0.836. The molecular formula is C10H11NO3. The van der Waals surface area contributed by atoms with Crippen molar-refractivity contribution < 1.29 is 15.0 Å². The Bertz CT molecular complexity index is 338. The number of aliphatic hydroxyl groups is 1. The lowest BCUT2D eigenvalue weighted by atomic mass is 10.1. The Kier molecular flexibility index (Phi) is 2.21. The highest BCUT2D eigenvalue weighted by atomic mass is 16.4. The number of carboxylic acid groups (broad SMARTS) is 1. The maximum absolute atomic E-state index is 10.6. The van der Waals surface area contributed by atoms with Gasteiger partial charge in [-0.15, -0.1) is 0 Å². The van der Waals surface area contributed by atoms with Gasteiger partial charge < -0.3 is 10.2 Å². The van der Waals surface area contributed by atoms with E-state index in [1.54, 1.807) is 24.5 Å². The molecule has 14 heavy (non-hydrogen) atoms. The molecule has 0 aliphatic heterocycles. The molecule has 1 aliphatic rings. The molecule has 0 saturated heterocycles. The number of aliphatic carboxylic acids is 1. The van der Waals surface area contributed by atoms with E-state index in [0.29, 0.717) is 12.0 Å². The molecule has 0 amide bonds. The second kappa shape index (κ2) is 3.38. The molecule has 1 aliphatic carbocycles. The van der Waals surface area contributed by atoms with Crippen molar-refractivity contribution in [2.45, 2.75) is 12.5 Å². The van der Waals surface area contributed by atoms with Crippen molar-refractivity contribution in [3.63, 3.8) is 0 Å². The molecule has 4 nitrogen and oxygen atoms in total. The van der Waals surface area contributed by atoms with Gasteiger partial charge in [0.1, 0.15) is 0 Å². The van der Waals surface area contributed by atoms with Crippen LogP contribution in [0.1, 0.15) is 18.1 Å². The van der Waals surface area contributed by atoms with Gasteiger partial charge in [0.05, 0.1) is 12.0 Å². The van der Waals surface area contributed by atoms with Gasteiger partial charge in [-0.1, -0.05) is 6.07 Å². The van der Waals surface area contributed by atoms with Crippen LogP contribution in [-0.4, -0.2) is 21.2 Å². The Morgan fingerprint density at radius 3 is 2.93 bits per heavy atom. The fraction of sp³-hybridized carbons (Fsp3) is 0.400. The topological polar surface area (TPSA) is 70.4 Å². The molecule has 74 valence electrons. The van der Waals surface area contributed by atoms with Gasteiger partial charge in [0.25, 0.3) is 0 Å². The van der Waals surface area contributed by atoms with Gasteiger partial charge >= 0.3 is 5.97 Å². The minimum Gasteiger partial charge on any atom is -0.481 e. The zero-order valence-electron chi connectivity index (χ0n) is 7.50. The van der Waals surface area contributed by atoms with Crippen LogP contribution in [0.2, 0.25) is 0 Å². The molecular weight excluding hydrogens is 182 g/mol. The van der Waals surface area contributed by atoms with Gasteiger partial charge in [-0.2, -0.15) is 0 Å². The third-order valence-corrected chi connectivity index (χ3v) is 2.59. The highest BCUT2D eigenvalue weighted by Crippen LogP contribution is 2.47. The number of hydrogen-bond donors (Lipinski definition) is 2. The second-order valence-corrected chi connectivity index (χ2v) is 3.58. The van der Waals surface area contributed by atoms with Crippen molar-refractivity contribution in [3.8, 4) is 0 Å². The van der Waals surface area contributed by atoms with Crippen molar-refractivity contribution in [1.29, 1.82) is 0 Å². The summed E-state index contributed by atoms with van der Waals surface area (Å²) in [5, 5.41) is 18.5. The van der Waals surface area contributed by atoms with Gasteiger partial charge in [0.2, 0.25) is 0 Å². The molecule has 4 heteroatoms. The highest BCUT2D eigenvalue weighted by molar-refractivity contribution is 5.73. The molecule has 3 unspecified atom stereocenters. The van der Waals surface area contributed by atoms with Crippen LogP contribution >= 0.6 is 0 Å². The van der Waals surface area contributed by atoms with Gasteiger partial charge in [-0.3, -0.25) is 9.78 Å². The monoisotopic (exact) mass is 193 g/mol. The van der Waals surface area contributed by atoms with Gasteiger partial charge in [-0.25, -0.2) is 0 Å². The third-order valence-electron chi connectivity index (χ3n) is 2.59. The Morgan fingerprint density at radius 1 is 1.64 bits per heavy atom. The molecule has 3 atom stereocenters. The number of aromatic nitrogens is 1. The fourth-order valence-corrected chi connectivity index (χ4v) is 1.65. The summed E-state index contributed by atoms with van der Waals surface area (Å²) >= 11 is 0. The summed E-state index contributed by atoms with van der Waals surface area (Å²) in [7, 11) is 0. The first-order valence-corrected chi connectivity index (χ1v) is 4.51. The number of carbonyl (C=O) groups is 1. The van der Waals surface area contributed by atoms with E-state index in [9.17, 15) is 9.90 Å². The van der Waals surface area contributed by atoms with Crippen molar-refractivity contribution in [2.24, 2.45) is 11.8 Å². The van der Waals surface area contributed by atoms with Crippen LogP contribution in [0.25, 0.3) is 0 Å². The molecule has 1 fully saturated rings. The Balaban J connectivity index is 2.05. The van der Waals surface area contributed by atoms with Crippen LogP contribution in [0.3, 0.4) is 0 Å². The second-order valence-electron chi connectivity index (χ2n) is 3.58. The quantitative estimate of drug-likeness (QED) is 0.746. The van der Waals surface area contributed by atoms with Crippen LogP contribution in [0, 0.1) is 11.8 Å². The molecule has 1 aromatic rings. The van der Waals surface area contributed by atoms with Crippen LogP contribution in [0.4, 0.5) is 0 Å². The summed E-state index contributed by atoms with van der Waals surface area (Å²) in [6, 6.07) is 3.49. The molecule has 0 radical (unpaired) electrons. The smallest absolute Gasteiger partial charge is 0.306 e. The van der Waals surface area contributed by atoms with Crippen LogP contribution in [-0.2, 0) is 4.79 Å². The summed E-state index contributed by atoms with van der Waals surface area (Å²) in [6.07, 6.45) is 3.07. The zero-order chi connectivity index (χ0) is 10.1. The summed E-state index contributed by atoms with van der Waals surface area (Å²) in [5.41, 5.74) is 0.696. The van der Waals surface area contributed by atoms with E-state index >= 15 is 0 Å². The Hall–Kier alpha value is -1.42. The van der Waals surface area contributed by atoms with Crippen molar-refractivity contribution in [1.82, 2.24) is 4.98 Å². The maximum atomic E-state index is 10.6. The zero-order valence-corrected chi connectivity index (χ0v) is 7.50. The van der Waals surface area contributed by atoms with Crippen LogP contribution in [0.15, 0.2) is 24.5 Å². The first-order valence-electron chi connectivity index (χ1n) is 4.51. The van der Waals surface area contributed by atoms with Gasteiger partial charge in [-0.05, 0) is 18.1 Å². The normalized spacial score (nSPS) is 26.9. The van der Waals surface area contributed by atoms with E-state index in [1.165, 1.54) is 0 Å². The number of aliphatic hydroxyl groups excluding tert-OH is 1. The fourth-order valence-electron chi connectivity index (χ4n) is 1.65. The molecule has 1 saturated carbocycles. The molecule has 2 N–H and O–H groups in total. The number of carboxylic acids is 1. The Labute approximate surface area is 81.2 Å². The minimum atomic E-state index is -0.821. The van der Waals surface area contributed by atoms with Crippen molar-refractivity contribution in [2.75, 3.05) is 0 Å². The lowest BCUT2D eigenvalue weighted by Crippen LogP contribution is -2.06. The first-order chi connectivity index (χ1) is 6.70. The van der Waals surface area contributed by atoms with Crippen LogP contribution in [0.5, 0.6) is 0 Å². The highest BCUT2D eigenvalue weighted by Gasteiger charge is 2.47. The molecule has 0 bridgehead atoms. The van der Waals surface area contributed by atoms with Gasteiger partial charge in [0.15, 0.2) is 0 Å². The number of rotatable bonds is 3. The minimum absolute atomic E-state index is 0.142. The first kappa shape index (κ1) is 9.15. The van der Waals surface area contributed by atoms with E-state index in [0.717, 1.165) is 0 Å². The standard InChI is InChI=1S/C10H11NO3/c12-9(6-2-1-3-11-5-6)7-4-8(7)10(13)14/h1-3,5,7-9,12H,4H2,(H,13,14). The van der Waals surface area contributed by atoms with Crippen molar-refractivity contribution in [3.05, 3.63) is 30.1 Å². The molecule has 1 aromatic heterocycles. The average Bonchev–Trinajstić information content (AvgIpc) is 2.97. The molecule has 0 aromatic carbocycles. The molecule has 1 heterocycles. The largest absolute Gasteiger partial charge is 0.481 e. The van der Waals surface area contributed by atoms with E-state index in [-0.39, 0.29) is 11.8 Å². The summed E-state index contributed by atoms with van der Waals surface area (Å²) < 4.78 is 0. The van der Waals surface area contributed by atoms with Gasteiger partial charge in [0, 0.05) is 18.3 Å². The lowest BCUT2D eigenvalue weighted by Gasteiger charge is -2.08. The number of pyridine rings is 1. The average molecular weight is 193 g/mol. The SMILES string of the molecule is O=C(O)C1CC1C(O)c1cccnc1. The summed E-state index contributed by atoms with van der Waals surface area (Å²) in [6.45, 7) is 0. The summed E-state index contributed by atoms with van der Waals surface area (Å²) in [4.78, 5) is 14.5. The summed E-state index contributed by atoms with van der Waals surface area (Å²) in [5.74, 6) is -1.35.